The van der Waals surface area contributed by atoms with Gasteiger partial charge in [-0.2, -0.15) is 0 Å². The van der Waals surface area contributed by atoms with Gasteiger partial charge in [0.25, 0.3) is 0 Å². The standard InChI is InChI=1S/C11H19NO3/c1-3-4-10(13)12-6-11(14)15-7-9-5-8(9)2/h8-9H,3-7H2,1-2H3,(H,12,13). The molecule has 0 aromatic carbocycles. The predicted molar refractivity (Wildman–Crippen MR) is 56.1 cm³/mol. The number of carbonyl (C=O) groups excluding carboxylic acids is 2. The number of rotatable bonds is 6. The minimum absolute atomic E-state index is 0.0000652. The molecular formula is C11H19NO3. The predicted octanol–water partition coefficient (Wildman–Crippen LogP) is 1.10. The first-order valence-corrected chi connectivity index (χ1v) is 5.55. The van der Waals surface area contributed by atoms with Crippen LogP contribution in [0.5, 0.6) is 0 Å². The van der Waals surface area contributed by atoms with Crippen molar-refractivity contribution in [3.63, 3.8) is 0 Å². The second-order valence-electron chi connectivity index (χ2n) is 4.18. The zero-order valence-electron chi connectivity index (χ0n) is 9.41. The number of ether oxygens (including phenoxy) is 1. The lowest BCUT2D eigenvalue weighted by Gasteiger charge is -2.05. The summed E-state index contributed by atoms with van der Waals surface area (Å²) < 4.78 is 5.01. The molecule has 4 nitrogen and oxygen atoms in total. The summed E-state index contributed by atoms with van der Waals surface area (Å²) in [4.78, 5) is 22.2. The number of amides is 1. The average Bonchev–Trinajstić information content (AvgIpc) is 2.89. The zero-order chi connectivity index (χ0) is 11.3. The van der Waals surface area contributed by atoms with Crippen LogP contribution in [0, 0.1) is 11.8 Å². The molecule has 0 aliphatic heterocycles. The molecule has 15 heavy (non-hydrogen) atoms. The van der Waals surface area contributed by atoms with Gasteiger partial charge in [-0.25, -0.2) is 0 Å². The van der Waals surface area contributed by atoms with Crippen molar-refractivity contribution in [2.75, 3.05) is 13.2 Å². The van der Waals surface area contributed by atoms with Gasteiger partial charge in [0.05, 0.1) is 6.61 Å². The third-order valence-electron chi connectivity index (χ3n) is 2.64. The fourth-order valence-electron chi connectivity index (χ4n) is 1.37. The average molecular weight is 213 g/mol. The van der Waals surface area contributed by atoms with Crippen molar-refractivity contribution in [1.82, 2.24) is 5.32 Å². The largest absolute Gasteiger partial charge is 0.464 e. The van der Waals surface area contributed by atoms with E-state index < -0.39 is 0 Å². The quantitative estimate of drug-likeness (QED) is 0.672. The summed E-state index contributed by atoms with van der Waals surface area (Å²) in [6.07, 6.45) is 2.41. The van der Waals surface area contributed by atoms with Crippen LogP contribution in [0.15, 0.2) is 0 Å². The van der Waals surface area contributed by atoms with Gasteiger partial charge < -0.3 is 10.1 Å². The lowest BCUT2D eigenvalue weighted by Crippen LogP contribution is -2.30. The highest BCUT2D eigenvalue weighted by molar-refractivity contribution is 5.81. The summed E-state index contributed by atoms with van der Waals surface area (Å²) >= 11 is 0. The van der Waals surface area contributed by atoms with E-state index in [1.165, 1.54) is 0 Å². The monoisotopic (exact) mass is 213 g/mol. The summed E-state index contributed by atoms with van der Waals surface area (Å²) in [7, 11) is 0. The molecule has 2 unspecified atom stereocenters. The Morgan fingerprint density at radius 2 is 2.13 bits per heavy atom. The number of hydrogen-bond acceptors (Lipinski definition) is 3. The third kappa shape index (κ3) is 4.81. The van der Waals surface area contributed by atoms with Gasteiger partial charge in [-0.1, -0.05) is 13.8 Å². The van der Waals surface area contributed by atoms with Gasteiger partial charge in [-0.05, 0) is 24.7 Å². The molecule has 0 spiro atoms. The molecule has 1 aliphatic rings. The molecular weight excluding hydrogens is 194 g/mol. The smallest absolute Gasteiger partial charge is 0.325 e. The summed E-state index contributed by atoms with van der Waals surface area (Å²) in [5, 5.41) is 2.53. The Balaban J connectivity index is 2.00. The Morgan fingerprint density at radius 3 is 2.67 bits per heavy atom. The Morgan fingerprint density at radius 1 is 1.47 bits per heavy atom. The Bertz CT molecular complexity index is 240. The van der Waals surface area contributed by atoms with Gasteiger partial charge in [0.15, 0.2) is 0 Å². The van der Waals surface area contributed by atoms with Gasteiger partial charge in [0.2, 0.25) is 5.91 Å². The van der Waals surface area contributed by atoms with E-state index in [-0.39, 0.29) is 18.4 Å². The van der Waals surface area contributed by atoms with Crippen LogP contribution in [0.2, 0.25) is 0 Å². The van der Waals surface area contributed by atoms with Crippen molar-refractivity contribution in [1.29, 1.82) is 0 Å². The summed E-state index contributed by atoms with van der Waals surface area (Å²) in [5.41, 5.74) is 0. The van der Waals surface area contributed by atoms with E-state index in [1.54, 1.807) is 0 Å². The highest BCUT2D eigenvalue weighted by Gasteiger charge is 2.33. The fraction of sp³-hybridized carbons (Fsp3) is 0.818. The highest BCUT2D eigenvalue weighted by atomic mass is 16.5. The van der Waals surface area contributed by atoms with Gasteiger partial charge in [0, 0.05) is 6.42 Å². The Kier molecular flexibility index (Phi) is 4.59. The number of hydrogen-bond donors (Lipinski definition) is 1. The third-order valence-corrected chi connectivity index (χ3v) is 2.64. The molecule has 0 aromatic heterocycles. The molecule has 2 atom stereocenters. The summed E-state index contributed by atoms with van der Waals surface area (Å²) in [5.74, 6) is 0.806. The van der Waals surface area contributed by atoms with E-state index in [0.29, 0.717) is 24.9 Å². The molecule has 1 aliphatic carbocycles. The maximum Gasteiger partial charge on any atom is 0.325 e. The molecule has 1 fully saturated rings. The normalized spacial score (nSPS) is 23.3. The van der Waals surface area contributed by atoms with Crippen LogP contribution >= 0.6 is 0 Å². The fourth-order valence-corrected chi connectivity index (χ4v) is 1.37. The van der Waals surface area contributed by atoms with Crippen molar-refractivity contribution >= 4 is 11.9 Å². The van der Waals surface area contributed by atoms with Crippen LogP contribution in [0.4, 0.5) is 0 Å². The topological polar surface area (TPSA) is 55.4 Å². The van der Waals surface area contributed by atoms with Crippen molar-refractivity contribution < 1.29 is 14.3 Å². The first kappa shape index (κ1) is 12.0. The van der Waals surface area contributed by atoms with Gasteiger partial charge in [-0.3, -0.25) is 9.59 Å². The van der Waals surface area contributed by atoms with Crippen molar-refractivity contribution in [2.45, 2.75) is 33.1 Å². The SMILES string of the molecule is CCCC(=O)NCC(=O)OCC1CC1C. The second-order valence-corrected chi connectivity index (χ2v) is 4.18. The molecule has 1 saturated carbocycles. The van der Waals surface area contributed by atoms with E-state index in [2.05, 4.69) is 12.2 Å². The van der Waals surface area contributed by atoms with Crippen LogP contribution in [-0.2, 0) is 14.3 Å². The van der Waals surface area contributed by atoms with E-state index >= 15 is 0 Å². The second kappa shape index (κ2) is 5.73. The van der Waals surface area contributed by atoms with E-state index in [1.807, 2.05) is 6.92 Å². The first-order chi connectivity index (χ1) is 7.13. The number of carbonyl (C=O) groups is 2. The maximum absolute atomic E-state index is 11.2. The number of esters is 1. The zero-order valence-corrected chi connectivity index (χ0v) is 9.41. The number of nitrogens with one attached hydrogen (secondary N) is 1. The summed E-state index contributed by atoms with van der Waals surface area (Å²) in [6, 6.07) is 0. The molecule has 86 valence electrons. The molecule has 4 heteroatoms. The molecule has 0 aromatic rings. The molecule has 0 bridgehead atoms. The van der Waals surface area contributed by atoms with E-state index in [0.717, 1.165) is 12.8 Å². The van der Waals surface area contributed by atoms with Gasteiger partial charge in [0.1, 0.15) is 6.54 Å². The van der Waals surface area contributed by atoms with E-state index in [9.17, 15) is 9.59 Å². The summed E-state index contributed by atoms with van der Waals surface area (Å²) in [6.45, 7) is 4.57. The minimum atomic E-state index is -0.335. The minimum Gasteiger partial charge on any atom is -0.464 e. The Hall–Kier alpha value is -1.06. The maximum atomic E-state index is 11.2. The van der Waals surface area contributed by atoms with Crippen LogP contribution in [0.25, 0.3) is 0 Å². The van der Waals surface area contributed by atoms with Crippen molar-refractivity contribution in [2.24, 2.45) is 11.8 Å². The molecule has 0 radical (unpaired) electrons. The van der Waals surface area contributed by atoms with Crippen LogP contribution < -0.4 is 5.32 Å². The van der Waals surface area contributed by atoms with Crippen LogP contribution in [0.1, 0.15) is 33.1 Å². The van der Waals surface area contributed by atoms with Crippen LogP contribution in [-0.4, -0.2) is 25.0 Å². The molecule has 1 N–H and O–H groups in total. The van der Waals surface area contributed by atoms with Crippen molar-refractivity contribution in [3.05, 3.63) is 0 Å². The highest BCUT2D eigenvalue weighted by Crippen LogP contribution is 2.37. The lowest BCUT2D eigenvalue weighted by molar-refractivity contribution is -0.144. The van der Waals surface area contributed by atoms with E-state index in [4.69, 9.17) is 4.74 Å². The molecule has 1 amide bonds. The lowest BCUT2D eigenvalue weighted by atomic mass is 10.3. The first-order valence-electron chi connectivity index (χ1n) is 5.55. The van der Waals surface area contributed by atoms with Gasteiger partial charge >= 0.3 is 5.97 Å². The van der Waals surface area contributed by atoms with Gasteiger partial charge in [-0.15, -0.1) is 0 Å². The van der Waals surface area contributed by atoms with Crippen molar-refractivity contribution in [3.8, 4) is 0 Å². The Labute approximate surface area is 90.4 Å². The van der Waals surface area contributed by atoms with Crippen LogP contribution in [0.3, 0.4) is 0 Å². The molecule has 0 heterocycles. The molecule has 1 rings (SSSR count). The molecule has 0 saturated heterocycles.